The molecule has 0 heterocycles. The molecule has 66 valence electrons. The zero-order chi connectivity index (χ0) is 9.30. The van der Waals surface area contributed by atoms with Crippen LogP contribution in [0.25, 0.3) is 0 Å². The second-order valence-electron chi connectivity index (χ2n) is 2.61. The molecule has 0 bridgehead atoms. The molecule has 12 heavy (non-hydrogen) atoms. The highest BCUT2D eigenvalue weighted by atomic mass is 79.9. The molecular weight excluding hydrogens is 241 g/mol. The molecule has 1 rings (SSSR count). The topological polar surface area (TPSA) is 46.2 Å². The van der Waals surface area contributed by atoms with Crippen molar-refractivity contribution >= 4 is 27.5 Å². The first-order chi connectivity index (χ1) is 5.52. The summed E-state index contributed by atoms with van der Waals surface area (Å²) in [5.74, 6) is 0.129. The number of aromatic hydroxyl groups is 1. The van der Waals surface area contributed by atoms with Crippen LogP contribution in [0.15, 0.2) is 16.6 Å². The minimum atomic E-state index is -0.130. The third-order valence-electron chi connectivity index (χ3n) is 1.56. The highest BCUT2D eigenvalue weighted by molar-refractivity contribution is 9.10. The van der Waals surface area contributed by atoms with Crippen LogP contribution in [0, 0.1) is 0 Å². The Hall–Kier alpha value is -0.250. The van der Waals surface area contributed by atoms with E-state index in [1.807, 2.05) is 6.92 Å². The van der Waals surface area contributed by atoms with Crippen LogP contribution in [-0.2, 0) is 0 Å². The standard InChI is InChI=1S/C8H9BrClNO/c1-4(11)5-2-6(9)8(12)3-7(5)10/h2-4,12H,11H2,1H3. The van der Waals surface area contributed by atoms with Crippen LogP contribution in [0.3, 0.4) is 0 Å². The SMILES string of the molecule is CC(N)c1cc(Br)c(O)cc1Cl. The average molecular weight is 251 g/mol. The molecule has 0 amide bonds. The molecule has 1 unspecified atom stereocenters. The lowest BCUT2D eigenvalue weighted by atomic mass is 10.1. The van der Waals surface area contributed by atoms with Gasteiger partial charge in [-0.05, 0) is 40.5 Å². The van der Waals surface area contributed by atoms with Gasteiger partial charge in [0.25, 0.3) is 0 Å². The minimum absolute atomic E-state index is 0.129. The number of halogens is 2. The van der Waals surface area contributed by atoms with E-state index >= 15 is 0 Å². The van der Waals surface area contributed by atoms with Gasteiger partial charge in [0.1, 0.15) is 5.75 Å². The van der Waals surface area contributed by atoms with Gasteiger partial charge in [0.2, 0.25) is 0 Å². The Morgan fingerprint density at radius 2 is 2.17 bits per heavy atom. The molecule has 0 spiro atoms. The summed E-state index contributed by atoms with van der Waals surface area (Å²) in [6.07, 6.45) is 0. The van der Waals surface area contributed by atoms with Crippen molar-refractivity contribution in [3.05, 3.63) is 27.2 Å². The number of hydrogen-bond donors (Lipinski definition) is 2. The van der Waals surface area contributed by atoms with Crippen molar-refractivity contribution in [1.29, 1.82) is 0 Å². The number of phenolic OH excluding ortho intramolecular Hbond substituents is 1. The molecule has 0 aliphatic rings. The first-order valence-electron chi connectivity index (χ1n) is 3.46. The zero-order valence-corrected chi connectivity index (χ0v) is 8.85. The average Bonchev–Trinajstić information content (AvgIpc) is 1.96. The van der Waals surface area contributed by atoms with Crippen LogP contribution in [0.5, 0.6) is 5.75 Å². The van der Waals surface area contributed by atoms with Crippen molar-refractivity contribution < 1.29 is 5.11 Å². The molecule has 0 aliphatic heterocycles. The quantitative estimate of drug-likeness (QED) is 0.805. The molecule has 0 radical (unpaired) electrons. The Balaban J connectivity index is 3.23. The molecule has 1 aromatic carbocycles. The van der Waals surface area contributed by atoms with E-state index in [-0.39, 0.29) is 11.8 Å². The lowest BCUT2D eigenvalue weighted by molar-refractivity contribution is 0.471. The Morgan fingerprint density at radius 1 is 1.58 bits per heavy atom. The summed E-state index contributed by atoms with van der Waals surface area (Å²) in [4.78, 5) is 0. The van der Waals surface area contributed by atoms with Gasteiger partial charge >= 0.3 is 0 Å². The van der Waals surface area contributed by atoms with Crippen LogP contribution in [-0.4, -0.2) is 5.11 Å². The molecule has 0 saturated carbocycles. The number of rotatable bonds is 1. The van der Waals surface area contributed by atoms with Crippen LogP contribution < -0.4 is 5.73 Å². The minimum Gasteiger partial charge on any atom is -0.507 e. The fraction of sp³-hybridized carbons (Fsp3) is 0.250. The number of phenols is 1. The van der Waals surface area contributed by atoms with Crippen molar-refractivity contribution in [3.63, 3.8) is 0 Å². The van der Waals surface area contributed by atoms with Gasteiger partial charge in [0, 0.05) is 11.1 Å². The zero-order valence-electron chi connectivity index (χ0n) is 6.51. The summed E-state index contributed by atoms with van der Waals surface area (Å²) in [6.45, 7) is 1.84. The fourth-order valence-corrected chi connectivity index (χ4v) is 1.59. The summed E-state index contributed by atoms with van der Waals surface area (Å²) < 4.78 is 0.610. The molecule has 0 aromatic heterocycles. The summed E-state index contributed by atoms with van der Waals surface area (Å²) in [5, 5.41) is 9.73. The van der Waals surface area contributed by atoms with E-state index in [0.717, 1.165) is 5.56 Å². The van der Waals surface area contributed by atoms with Crippen molar-refractivity contribution in [2.45, 2.75) is 13.0 Å². The maximum atomic E-state index is 9.23. The summed E-state index contributed by atoms with van der Waals surface area (Å²) in [5.41, 5.74) is 6.47. The van der Waals surface area contributed by atoms with Gasteiger partial charge < -0.3 is 10.8 Å². The predicted octanol–water partition coefficient (Wildman–Crippen LogP) is 2.83. The van der Waals surface area contributed by atoms with Crippen molar-refractivity contribution in [2.75, 3.05) is 0 Å². The first kappa shape index (κ1) is 9.84. The van der Waals surface area contributed by atoms with Gasteiger partial charge in [-0.2, -0.15) is 0 Å². The summed E-state index contributed by atoms with van der Waals surface area (Å²) in [6, 6.07) is 3.07. The van der Waals surface area contributed by atoms with E-state index in [4.69, 9.17) is 17.3 Å². The third-order valence-corrected chi connectivity index (χ3v) is 2.52. The van der Waals surface area contributed by atoms with Crippen molar-refractivity contribution in [2.24, 2.45) is 5.73 Å². The van der Waals surface area contributed by atoms with E-state index in [1.165, 1.54) is 6.07 Å². The third kappa shape index (κ3) is 1.91. The van der Waals surface area contributed by atoms with E-state index in [0.29, 0.717) is 9.50 Å². The van der Waals surface area contributed by atoms with Crippen LogP contribution >= 0.6 is 27.5 Å². The lowest BCUT2D eigenvalue weighted by Crippen LogP contribution is -2.05. The monoisotopic (exact) mass is 249 g/mol. The van der Waals surface area contributed by atoms with Crippen molar-refractivity contribution in [3.8, 4) is 5.75 Å². The van der Waals surface area contributed by atoms with Gasteiger partial charge in [-0.1, -0.05) is 11.6 Å². The first-order valence-corrected chi connectivity index (χ1v) is 4.63. The highest BCUT2D eigenvalue weighted by Crippen LogP contribution is 2.32. The van der Waals surface area contributed by atoms with Gasteiger partial charge in [-0.25, -0.2) is 0 Å². The van der Waals surface area contributed by atoms with Gasteiger partial charge in [-0.3, -0.25) is 0 Å². The van der Waals surface area contributed by atoms with Gasteiger partial charge in [0.15, 0.2) is 0 Å². The number of benzene rings is 1. The molecular formula is C8H9BrClNO. The van der Waals surface area contributed by atoms with Gasteiger partial charge in [0.05, 0.1) is 4.47 Å². The Bertz CT molecular complexity index is 301. The predicted molar refractivity (Wildman–Crippen MR) is 53.4 cm³/mol. The molecule has 0 fully saturated rings. The summed E-state index contributed by atoms with van der Waals surface area (Å²) >= 11 is 9.02. The van der Waals surface area contributed by atoms with E-state index < -0.39 is 0 Å². The highest BCUT2D eigenvalue weighted by Gasteiger charge is 2.08. The molecule has 0 saturated heterocycles. The van der Waals surface area contributed by atoms with Crippen LogP contribution in [0.2, 0.25) is 5.02 Å². The number of nitrogens with two attached hydrogens (primary N) is 1. The molecule has 1 aromatic rings. The van der Waals surface area contributed by atoms with E-state index in [1.54, 1.807) is 6.07 Å². The largest absolute Gasteiger partial charge is 0.507 e. The number of hydrogen-bond acceptors (Lipinski definition) is 2. The molecule has 4 heteroatoms. The molecule has 1 atom stereocenters. The molecule has 3 N–H and O–H groups in total. The second kappa shape index (κ2) is 3.64. The maximum absolute atomic E-state index is 9.23. The van der Waals surface area contributed by atoms with E-state index in [9.17, 15) is 5.11 Å². The molecule has 0 aliphatic carbocycles. The van der Waals surface area contributed by atoms with Gasteiger partial charge in [-0.15, -0.1) is 0 Å². The fourth-order valence-electron chi connectivity index (χ4n) is 0.901. The smallest absolute Gasteiger partial charge is 0.131 e. The second-order valence-corrected chi connectivity index (χ2v) is 3.88. The summed E-state index contributed by atoms with van der Waals surface area (Å²) in [7, 11) is 0. The van der Waals surface area contributed by atoms with Crippen LogP contribution in [0.1, 0.15) is 18.5 Å². The Kier molecular flexibility index (Phi) is 2.99. The van der Waals surface area contributed by atoms with Crippen LogP contribution in [0.4, 0.5) is 0 Å². The van der Waals surface area contributed by atoms with Crippen molar-refractivity contribution in [1.82, 2.24) is 0 Å². The molecule has 2 nitrogen and oxygen atoms in total. The normalized spacial score (nSPS) is 13.0. The maximum Gasteiger partial charge on any atom is 0.131 e. The van der Waals surface area contributed by atoms with E-state index in [2.05, 4.69) is 15.9 Å². The Morgan fingerprint density at radius 3 is 2.67 bits per heavy atom. The Labute approximate surface area is 84.5 Å². The lowest BCUT2D eigenvalue weighted by Gasteiger charge is -2.09.